The molecule has 0 heterocycles. The van der Waals surface area contributed by atoms with Gasteiger partial charge in [-0.3, -0.25) is 14.4 Å². The fourth-order valence-corrected chi connectivity index (χ4v) is 2.61. The predicted octanol–water partition coefficient (Wildman–Crippen LogP) is 1.42. The largest absolute Gasteiger partial charge is 0.507 e. The van der Waals surface area contributed by atoms with Crippen LogP contribution in [0, 0.1) is 6.92 Å². The molecule has 0 saturated heterocycles. The Labute approximate surface area is 132 Å². The van der Waals surface area contributed by atoms with E-state index in [1.165, 1.54) is 28.1 Å². The molecule has 1 aromatic carbocycles. The van der Waals surface area contributed by atoms with Crippen LogP contribution in [-0.2, 0) is 20.7 Å². The van der Waals surface area contributed by atoms with E-state index in [2.05, 4.69) is 0 Å². The Hall–Kier alpha value is -2.83. The highest BCUT2D eigenvalue weighted by molar-refractivity contribution is 6.27. The van der Waals surface area contributed by atoms with Gasteiger partial charge in [0.25, 0.3) is 0 Å². The van der Waals surface area contributed by atoms with Crippen molar-refractivity contribution in [3.8, 4) is 11.5 Å². The zero-order chi connectivity index (χ0) is 17.5. The molecule has 1 aliphatic carbocycles. The van der Waals surface area contributed by atoms with E-state index in [4.69, 9.17) is 9.47 Å². The molecule has 1 aromatic rings. The maximum atomic E-state index is 12.5. The number of aromatic hydroxyl groups is 2. The first-order valence-corrected chi connectivity index (χ1v) is 6.74. The summed E-state index contributed by atoms with van der Waals surface area (Å²) < 4.78 is 9.81. The van der Waals surface area contributed by atoms with Gasteiger partial charge in [0.1, 0.15) is 17.3 Å². The number of phenolic OH excluding ortho intramolecular Hbond substituents is 2. The lowest BCUT2D eigenvalue weighted by molar-refractivity contribution is -0.116. The van der Waals surface area contributed by atoms with Crippen LogP contribution in [0.2, 0.25) is 0 Å². The van der Waals surface area contributed by atoms with Crippen molar-refractivity contribution in [2.45, 2.75) is 20.3 Å². The van der Waals surface area contributed by atoms with E-state index in [1.54, 1.807) is 0 Å². The van der Waals surface area contributed by atoms with Gasteiger partial charge in [-0.05, 0) is 19.4 Å². The quantitative estimate of drug-likeness (QED) is 0.807. The van der Waals surface area contributed by atoms with Gasteiger partial charge in [0.15, 0.2) is 0 Å². The van der Waals surface area contributed by atoms with Gasteiger partial charge in [0, 0.05) is 12.0 Å². The number of rotatable bonds is 4. The predicted molar refractivity (Wildman–Crippen MR) is 78.6 cm³/mol. The van der Waals surface area contributed by atoms with Gasteiger partial charge in [0.05, 0.1) is 25.3 Å². The normalized spacial score (nSPS) is 13.9. The van der Waals surface area contributed by atoms with E-state index in [0.717, 1.165) is 0 Å². The standard InChI is InChI=1S/C16H16O7/c1-6(17)5-8-7(2)11(18)9-10(12(8)19)14(21)16(23-4)15(22-3)13(9)20/h18-19H,5H2,1-4H3. The first-order valence-electron chi connectivity index (χ1n) is 6.74. The molecule has 2 rings (SSSR count). The molecule has 0 spiro atoms. The molecule has 0 aromatic heterocycles. The summed E-state index contributed by atoms with van der Waals surface area (Å²) in [4.78, 5) is 36.3. The lowest BCUT2D eigenvalue weighted by Crippen LogP contribution is -2.25. The van der Waals surface area contributed by atoms with Gasteiger partial charge in [0.2, 0.25) is 23.1 Å². The fraction of sp³-hybridized carbons (Fsp3) is 0.312. The number of fused-ring (bicyclic) bond motifs is 1. The number of hydrogen-bond donors (Lipinski definition) is 2. The number of methoxy groups -OCH3 is 2. The Morgan fingerprint density at radius 3 is 1.78 bits per heavy atom. The number of carbonyl (C=O) groups is 3. The van der Waals surface area contributed by atoms with Crippen LogP contribution in [0.1, 0.15) is 38.8 Å². The van der Waals surface area contributed by atoms with Crippen LogP contribution in [0.4, 0.5) is 0 Å². The molecule has 0 bridgehead atoms. The summed E-state index contributed by atoms with van der Waals surface area (Å²) in [5, 5.41) is 20.7. The van der Waals surface area contributed by atoms with Gasteiger partial charge in [-0.2, -0.15) is 0 Å². The second-order valence-electron chi connectivity index (χ2n) is 5.15. The molecule has 0 saturated carbocycles. The minimum Gasteiger partial charge on any atom is -0.507 e. The van der Waals surface area contributed by atoms with Crippen LogP contribution in [0.15, 0.2) is 11.5 Å². The molecule has 7 heteroatoms. The highest BCUT2D eigenvalue weighted by Gasteiger charge is 2.40. The molecule has 0 atom stereocenters. The maximum absolute atomic E-state index is 12.5. The van der Waals surface area contributed by atoms with Crippen molar-refractivity contribution in [2.75, 3.05) is 14.2 Å². The van der Waals surface area contributed by atoms with Crippen LogP contribution in [0.25, 0.3) is 0 Å². The SMILES string of the molecule is COC1=C(OC)C(=O)c2c(O)c(CC(C)=O)c(C)c(O)c2C1=O. The summed E-state index contributed by atoms with van der Waals surface area (Å²) in [7, 11) is 2.38. The van der Waals surface area contributed by atoms with E-state index in [9.17, 15) is 24.6 Å². The van der Waals surface area contributed by atoms with Crippen LogP contribution >= 0.6 is 0 Å². The molecule has 0 aliphatic heterocycles. The van der Waals surface area contributed by atoms with Crippen molar-refractivity contribution in [3.05, 3.63) is 33.8 Å². The van der Waals surface area contributed by atoms with Crippen molar-refractivity contribution in [2.24, 2.45) is 0 Å². The summed E-state index contributed by atoms with van der Waals surface area (Å²) in [5.41, 5.74) is -0.470. The number of hydrogen-bond acceptors (Lipinski definition) is 7. The first-order chi connectivity index (χ1) is 10.8. The molecular weight excluding hydrogens is 304 g/mol. The Bertz CT molecular complexity index is 771. The molecule has 7 nitrogen and oxygen atoms in total. The summed E-state index contributed by atoms with van der Waals surface area (Å²) in [6, 6.07) is 0. The number of phenols is 2. The lowest BCUT2D eigenvalue weighted by Gasteiger charge is -2.23. The van der Waals surface area contributed by atoms with E-state index in [-0.39, 0.29) is 46.0 Å². The number of ether oxygens (including phenoxy) is 2. The molecule has 0 fully saturated rings. The third-order valence-electron chi connectivity index (χ3n) is 3.72. The van der Waals surface area contributed by atoms with Crippen molar-refractivity contribution >= 4 is 17.3 Å². The third kappa shape index (κ3) is 2.34. The first kappa shape index (κ1) is 16.5. The topological polar surface area (TPSA) is 110 Å². The fourth-order valence-electron chi connectivity index (χ4n) is 2.61. The third-order valence-corrected chi connectivity index (χ3v) is 3.72. The van der Waals surface area contributed by atoms with Crippen molar-refractivity contribution in [1.82, 2.24) is 0 Å². The molecule has 122 valence electrons. The number of benzene rings is 1. The van der Waals surface area contributed by atoms with Crippen molar-refractivity contribution < 1.29 is 34.1 Å². The van der Waals surface area contributed by atoms with E-state index >= 15 is 0 Å². The molecule has 2 N–H and O–H groups in total. The van der Waals surface area contributed by atoms with Gasteiger partial charge in [-0.15, -0.1) is 0 Å². The van der Waals surface area contributed by atoms with Gasteiger partial charge < -0.3 is 19.7 Å². The van der Waals surface area contributed by atoms with E-state index < -0.39 is 23.1 Å². The summed E-state index contributed by atoms with van der Waals surface area (Å²) in [6.45, 7) is 2.76. The number of allylic oxidation sites excluding steroid dienone is 2. The monoisotopic (exact) mass is 320 g/mol. The summed E-state index contributed by atoms with van der Waals surface area (Å²) in [5.74, 6) is -3.51. The Kier molecular flexibility index (Phi) is 4.14. The highest BCUT2D eigenvalue weighted by Crippen LogP contribution is 2.42. The molecule has 23 heavy (non-hydrogen) atoms. The van der Waals surface area contributed by atoms with Gasteiger partial charge >= 0.3 is 0 Å². The minimum atomic E-state index is -0.795. The van der Waals surface area contributed by atoms with Gasteiger partial charge in [-0.1, -0.05) is 0 Å². The van der Waals surface area contributed by atoms with Crippen LogP contribution in [0.5, 0.6) is 11.5 Å². The summed E-state index contributed by atoms with van der Waals surface area (Å²) in [6.07, 6.45) is -0.177. The zero-order valence-corrected chi connectivity index (χ0v) is 13.1. The molecule has 0 amide bonds. The second kappa shape index (κ2) is 5.75. The smallest absolute Gasteiger partial charge is 0.236 e. The molecule has 0 radical (unpaired) electrons. The van der Waals surface area contributed by atoms with Gasteiger partial charge in [-0.25, -0.2) is 0 Å². The average molecular weight is 320 g/mol. The minimum absolute atomic E-state index is 0.103. The van der Waals surface area contributed by atoms with Crippen LogP contribution in [0.3, 0.4) is 0 Å². The van der Waals surface area contributed by atoms with E-state index in [0.29, 0.717) is 0 Å². The lowest BCUT2D eigenvalue weighted by atomic mass is 9.85. The highest BCUT2D eigenvalue weighted by atomic mass is 16.5. The molecule has 0 unspecified atom stereocenters. The number of carbonyl (C=O) groups excluding carboxylic acids is 3. The second-order valence-corrected chi connectivity index (χ2v) is 5.15. The molecular formula is C16H16O7. The summed E-state index contributed by atoms with van der Waals surface area (Å²) >= 11 is 0. The Morgan fingerprint density at radius 1 is 0.957 bits per heavy atom. The maximum Gasteiger partial charge on any atom is 0.236 e. The van der Waals surface area contributed by atoms with Crippen LogP contribution < -0.4 is 0 Å². The van der Waals surface area contributed by atoms with Crippen molar-refractivity contribution in [3.63, 3.8) is 0 Å². The number of Topliss-reactive ketones (excluding diaryl/α,β-unsaturated/α-hetero) is 3. The number of ketones is 3. The van der Waals surface area contributed by atoms with Crippen LogP contribution in [-0.4, -0.2) is 41.8 Å². The van der Waals surface area contributed by atoms with E-state index in [1.807, 2.05) is 0 Å². The Morgan fingerprint density at radius 2 is 1.39 bits per heavy atom. The molecule has 1 aliphatic rings. The Balaban J connectivity index is 2.86. The van der Waals surface area contributed by atoms with Crippen molar-refractivity contribution in [1.29, 1.82) is 0 Å². The zero-order valence-electron chi connectivity index (χ0n) is 13.1. The average Bonchev–Trinajstić information content (AvgIpc) is 2.50.